The molecule has 27 heavy (non-hydrogen) atoms. The molecule has 2 aromatic carbocycles. The number of rotatable bonds is 7. The SMILES string of the molecule is C=CCNC(=O)[C@H](C)Sc1nc2ccccc2c(=O)n1Cc1ccccc1. The number of hydrogen-bond donors (Lipinski definition) is 1. The summed E-state index contributed by atoms with van der Waals surface area (Å²) in [5, 5.41) is 3.49. The van der Waals surface area contributed by atoms with Gasteiger partial charge in [0.2, 0.25) is 5.91 Å². The first-order chi connectivity index (χ1) is 13.1. The van der Waals surface area contributed by atoms with Crippen LogP contribution >= 0.6 is 11.8 Å². The fourth-order valence-corrected chi connectivity index (χ4v) is 3.60. The monoisotopic (exact) mass is 379 g/mol. The fourth-order valence-electron chi connectivity index (χ4n) is 2.67. The minimum absolute atomic E-state index is 0.106. The van der Waals surface area contributed by atoms with Crippen molar-refractivity contribution in [1.82, 2.24) is 14.9 Å². The molecule has 6 heteroatoms. The van der Waals surface area contributed by atoms with E-state index in [1.165, 1.54) is 11.8 Å². The van der Waals surface area contributed by atoms with Crippen LogP contribution in [-0.4, -0.2) is 27.3 Å². The van der Waals surface area contributed by atoms with Gasteiger partial charge in [-0.25, -0.2) is 4.98 Å². The van der Waals surface area contributed by atoms with Crippen LogP contribution in [0.4, 0.5) is 0 Å². The van der Waals surface area contributed by atoms with E-state index in [9.17, 15) is 9.59 Å². The number of aromatic nitrogens is 2. The van der Waals surface area contributed by atoms with Gasteiger partial charge in [0.25, 0.3) is 5.56 Å². The molecule has 1 amide bonds. The zero-order valence-electron chi connectivity index (χ0n) is 15.1. The molecular formula is C21H21N3O2S. The second-order valence-electron chi connectivity index (χ2n) is 6.08. The third-order valence-electron chi connectivity index (χ3n) is 4.08. The quantitative estimate of drug-likeness (QED) is 0.389. The Labute approximate surface area is 162 Å². The van der Waals surface area contributed by atoms with Crippen molar-refractivity contribution in [3.05, 3.63) is 83.2 Å². The molecule has 1 N–H and O–H groups in total. The molecule has 0 aliphatic heterocycles. The van der Waals surface area contributed by atoms with Crippen molar-refractivity contribution in [2.45, 2.75) is 23.9 Å². The van der Waals surface area contributed by atoms with E-state index in [1.807, 2.05) is 48.5 Å². The van der Waals surface area contributed by atoms with Gasteiger partial charge in [0.05, 0.1) is 22.7 Å². The van der Waals surface area contributed by atoms with Gasteiger partial charge >= 0.3 is 0 Å². The molecule has 0 radical (unpaired) electrons. The molecule has 0 bridgehead atoms. The highest BCUT2D eigenvalue weighted by atomic mass is 32.2. The Morgan fingerprint density at radius 2 is 1.93 bits per heavy atom. The number of hydrogen-bond acceptors (Lipinski definition) is 4. The molecule has 0 fully saturated rings. The van der Waals surface area contributed by atoms with Crippen molar-refractivity contribution in [3.63, 3.8) is 0 Å². The minimum atomic E-state index is -0.389. The largest absolute Gasteiger partial charge is 0.352 e. The van der Waals surface area contributed by atoms with Gasteiger partial charge < -0.3 is 5.32 Å². The Bertz CT molecular complexity index is 1010. The Morgan fingerprint density at radius 3 is 2.67 bits per heavy atom. The van der Waals surface area contributed by atoms with Gasteiger partial charge in [-0.1, -0.05) is 60.3 Å². The third-order valence-corrected chi connectivity index (χ3v) is 5.17. The number of nitrogens with one attached hydrogen (secondary N) is 1. The molecule has 5 nitrogen and oxygen atoms in total. The highest BCUT2D eigenvalue weighted by Crippen LogP contribution is 2.23. The van der Waals surface area contributed by atoms with E-state index in [4.69, 9.17) is 0 Å². The molecule has 3 aromatic rings. The van der Waals surface area contributed by atoms with Crippen molar-refractivity contribution in [2.75, 3.05) is 6.54 Å². The highest BCUT2D eigenvalue weighted by molar-refractivity contribution is 8.00. The molecular weight excluding hydrogens is 358 g/mol. The highest BCUT2D eigenvalue weighted by Gasteiger charge is 2.19. The summed E-state index contributed by atoms with van der Waals surface area (Å²) in [6.45, 7) is 6.22. The maximum Gasteiger partial charge on any atom is 0.262 e. The van der Waals surface area contributed by atoms with Crippen molar-refractivity contribution in [2.24, 2.45) is 0 Å². The van der Waals surface area contributed by atoms with Crippen molar-refractivity contribution in [3.8, 4) is 0 Å². The Hall–Kier alpha value is -2.86. The first kappa shape index (κ1) is 18.9. The van der Waals surface area contributed by atoms with Gasteiger partial charge in [-0.3, -0.25) is 14.2 Å². The summed E-state index contributed by atoms with van der Waals surface area (Å²) in [6.07, 6.45) is 1.63. The maximum absolute atomic E-state index is 13.1. The first-order valence-corrected chi connectivity index (χ1v) is 9.57. The topological polar surface area (TPSA) is 64.0 Å². The predicted molar refractivity (Wildman–Crippen MR) is 110 cm³/mol. The third kappa shape index (κ3) is 4.46. The summed E-state index contributed by atoms with van der Waals surface area (Å²) >= 11 is 1.28. The molecule has 1 atom stereocenters. The molecule has 0 aliphatic carbocycles. The molecule has 1 aromatic heterocycles. The van der Waals surface area contributed by atoms with Crippen LogP contribution in [0.2, 0.25) is 0 Å². The van der Waals surface area contributed by atoms with Crippen LogP contribution in [0.25, 0.3) is 10.9 Å². The second-order valence-corrected chi connectivity index (χ2v) is 7.39. The standard InChI is InChI=1S/C21H21N3O2S/c1-3-13-22-19(25)15(2)27-21-23-18-12-8-7-11-17(18)20(26)24(21)14-16-9-5-4-6-10-16/h3-12,15H,1,13-14H2,2H3,(H,22,25)/t15-/m0/s1. The predicted octanol–water partition coefficient (Wildman–Crippen LogP) is 3.23. The fraction of sp³-hybridized carbons (Fsp3) is 0.190. The summed E-state index contributed by atoms with van der Waals surface area (Å²) < 4.78 is 1.64. The van der Waals surface area contributed by atoms with Gasteiger partial charge in [-0.05, 0) is 24.6 Å². The second kappa shape index (κ2) is 8.68. The average molecular weight is 379 g/mol. The number of para-hydroxylation sites is 1. The van der Waals surface area contributed by atoms with Crippen LogP contribution in [0.1, 0.15) is 12.5 Å². The van der Waals surface area contributed by atoms with Gasteiger partial charge in [0.15, 0.2) is 5.16 Å². The Kier molecular flexibility index (Phi) is 6.08. The lowest BCUT2D eigenvalue weighted by Gasteiger charge is -2.16. The van der Waals surface area contributed by atoms with Gasteiger partial charge in [0, 0.05) is 6.54 Å². The summed E-state index contributed by atoms with van der Waals surface area (Å²) in [4.78, 5) is 30.0. The number of thioether (sulfide) groups is 1. The lowest BCUT2D eigenvalue weighted by atomic mass is 10.2. The van der Waals surface area contributed by atoms with Gasteiger partial charge in [0.1, 0.15) is 0 Å². The van der Waals surface area contributed by atoms with E-state index in [-0.39, 0.29) is 16.7 Å². The lowest BCUT2D eigenvalue weighted by Crippen LogP contribution is -2.32. The average Bonchev–Trinajstić information content (AvgIpc) is 2.69. The smallest absolute Gasteiger partial charge is 0.262 e. The Balaban J connectivity index is 2.01. The molecule has 3 rings (SSSR count). The molecule has 138 valence electrons. The first-order valence-electron chi connectivity index (χ1n) is 8.69. The summed E-state index contributed by atoms with van der Waals surface area (Å²) in [5.41, 5.74) is 1.53. The van der Waals surface area contributed by atoms with E-state index in [0.29, 0.717) is 29.1 Å². The molecule has 0 spiro atoms. The maximum atomic E-state index is 13.1. The van der Waals surface area contributed by atoms with E-state index >= 15 is 0 Å². The number of nitrogens with zero attached hydrogens (tertiary/aromatic N) is 2. The van der Waals surface area contributed by atoms with Crippen LogP contribution in [0.5, 0.6) is 0 Å². The normalized spacial score (nSPS) is 11.9. The van der Waals surface area contributed by atoms with Crippen molar-refractivity contribution in [1.29, 1.82) is 0 Å². The molecule has 0 saturated heterocycles. The zero-order chi connectivity index (χ0) is 19.2. The molecule has 0 unspecified atom stereocenters. The number of amides is 1. The zero-order valence-corrected chi connectivity index (χ0v) is 15.9. The summed E-state index contributed by atoms with van der Waals surface area (Å²) in [7, 11) is 0. The van der Waals surface area contributed by atoms with E-state index < -0.39 is 0 Å². The van der Waals surface area contributed by atoms with Crippen LogP contribution in [0, 0.1) is 0 Å². The van der Waals surface area contributed by atoms with E-state index in [1.54, 1.807) is 23.6 Å². The van der Waals surface area contributed by atoms with Crippen molar-refractivity contribution >= 4 is 28.6 Å². The number of carbonyl (C=O) groups is 1. The van der Waals surface area contributed by atoms with Gasteiger partial charge in [-0.2, -0.15) is 0 Å². The van der Waals surface area contributed by atoms with Gasteiger partial charge in [-0.15, -0.1) is 6.58 Å². The van der Waals surface area contributed by atoms with Crippen molar-refractivity contribution < 1.29 is 4.79 Å². The molecule has 0 saturated carbocycles. The van der Waals surface area contributed by atoms with Crippen LogP contribution < -0.4 is 10.9 Å². The molecule has 0 aliphatic rings. The molecule has 1 heterocycles. The van der Waals surface area contributed by atoms with Crippen LogP contribution in [-0.2, 0) is 11.3 Å². The van der Waals surface area contributed by atoms with E-state index in [0.717, 1.165) is 5.56 Å². The summed E-state index contributed by atoms with van der Waals surface area (Å²) in [6, 6.07) is 17.0. The number of benzene rings is 2. The Morgan fingerprint density at radius 1 is 1.22 bits per heavy atom. The van der Waals surface area contributed by atoms with Crippen LogP contribution in [0.15, 0.2) is 77.2 Å². The number of carbonyl (C=O) groups excluding carboxylic acids is 1. The lowest BCUT2D eigenvalue weighted by molar-refractivity contribution is -0.120. The minimum Gasteiger partial charge on any atom is -0.352 e. The van der Waals surface area contributed by atoms with Crippen LogP contribution in [0.3, 0.4) is 0 Å². The summed E-state index contributed by atoms with van der Waals surface area (Å²) in [5.74, 6) is -0.117. The number of fused-ring (bicyclic) bond motifs is 1. The van der Waals surface area contributed by atoms with E-state index in [2.05, 4.69) is 16.9 Å².